The lowest BCUT2D eigenvalue weighted by Gasteiger charge is -2.13. The number of carbonyl (C=O) groups is 1. The van der Waals surface area contributed by atoms with Crippen LogP contribution in [0.15, 0.2) is 42.6 Å². The molecule has 4 nitrogen and oxygen atoms in total. The molecule has 1 heterocycles. The molecule has 3 aromatic rings. The number of primary amides is 1. The number of benzene rings is 2. The van der Waals surface area contributed by atoms with Gasteiger partial charge in [-0.25, -0.2) is 4.39 Å². The Kier molecular flexibility index (Phi) is 3.80. The summed E-state index contributed by atoms with van der Waals surface area (Å²) in [4.78, 5) is 15.6. The molecule has 0 spiro atoms. The van der Waals surface area contributed by atoms with Crippen LogP contribution in [0.4, 0.5) is 4.39 Å². The molecule has 0 atom stereocenters. The third-order valence-electron chi connectivity index (χ3n) is 3.91. The van der Waals surface area contributed by atoms with Crippen molar-refractivity contribution in [2.75, 3.05) is 0 Å². The number of hydrogen-bond donors (Lipinski definition) is 2. The van der Waals surface area contributed by atoms with Gasteiger partial charge in [0.05, 0.1) is 6.61 Å². The molecular weight excluding hydrogens is 295 g/mol. The second kappa shape index (κ2) is 5.78. The van der Waals surface area contributed by atoms with Crippen LogP contribution >= 0.6 is 0 Å². The lowest BCUT2D eigenvalue weighted by molar-refractivity contribution is 0.0997. The van der Waals surface area contributed by atoms with E-state index < -0.39 is 18.3 Å². The summed E-state index contributed by atoms with van der Waals surface area (Å²) in [5.74, 6) is -1.08. The minimum atomic E-state index is -0.619. The van der Waals surface area contributed by atoms with Crippen molar-refractivity contribution in [3.8, 4) is 11.1 Å². The maximum atomic E-state index is 14.0. The highest BCUT2D eigenvalue weighted by Gasteiger charge is 2.15. The van der Waals surface area contributed by atoms with Gasteiger partial charge in [0.2, 0.25) is 0 Å². The quantitative estimate of drug-likeness (QED) is 0.781. The number of halogens is 1. The van der Waals surface area contributed by atoms with Crippen LogP contribution in [-0.2, 0) is 6.61 Å². The van der Waals surface area contributed by atoms with Crippen LogP contribution in [0.1, 0.15) is 21.6 Å². The number of rotatable bonds is 3. The predicted molar refractivity (Wildman–Crippen MR) is 86.3 cm³/mol. The first-order chi connectivity index (χ1) is 11.0. The number of hydrogen-bond acceptors (Lipinski definition) is 3. The molecule has 0 aliphatic carbocycles. The van der Waals surface area contributed by atoms with Crippen molar-refractivity contribution in [3.63, 3.8) is 0 Å². The fourth-order valence-corrected chi connectivity index (χ4v) is 2.82. The first-order valence-electron chi connectivity index (χ1n) is 7.10. The number of fused-ring (bicyclic) bond motifs is 1. The van der Waals surface area contributed by atoms with Crippen LogP contribution < -0.4 is 5.73 Å². The molecule has 0 unspecified atom stereocenters. The Labute approximate surface area is 132 Å². The summed E-state index contributed by atoms with van der Waals surface area (Å²) < 4.78 is 14.0. The van der Waals surface area contributed by atoms with Gasteiger partial charge >= 0.3 is 0 Å². The summed E-state index contributed by atoms with van der Waals surface area (Å²) in [5, 5.41) is 10.9. The molecule has 0 fully saturated rings. The maximum Gasteiger partial charge on any atom is 0.267 e. The summed E-state index contributed by atoms with van der Waals surface area (Å²) in [5.41, 5.74) is 7.93. The standard InChI is InChI=1S/C18H15FN2O2/c1-10-2-5-15(19)14(9-22)16(10)12-4-3-11-6-7-21-17(18(20)23)13(11)8-12/h2-8,22H,9H2,1H3,(H2,20,23). The van der Waals surface area contributed by atoms with Crippen LogP contribution in [0.5, 0.6) is 0 Å². The van der Waals surface area contributed by atoms with Crippen molar-refractivity contribution in [1.82, 2.24) is 4.98 Å². The van der Waals surface area contributed by atoms with Crippen LogP contribution in [-0.4, -0.2) is 16.0 Å². The average molecular weight is 310 g/mol. The Morgan fingerprint density at radius 2 is 2.04 bits per heavy atom. The van der Waals surface area contributed by atoms with Gasteiger partial charge in [-0.1, -0.05) is 18.2 Å². The molecule has 0 aliphatic heterocycles. The minimum Gasteiger partial charge on any atom is -0.392 e. The van der Waals surface area contributed by atoms with E-state index in [1.54, 1.807) is 18.2 Å². The third-order valence-corrected chi connectivity index (χ3v) is 3.91. The van der Waals surface area contributed by atoms with Gasteiger partial charge in [0.15, 0.2) is 0 Å². The fraction of sp³-hybridized carbons (Fsp3) is 0.111. The van der Waals surface area contributed by atoms with E-state index in [0.29, 0.717) is 16.5 Å². The second-order valence-corrected chi connectivity index (χ2v) is 5.34. The summed E-state index contributed by atoms with van der Waals surface area (Å²) >= 11 is 0. The maximum absolute atomic E-state index is 14.0. The molecule has 0 saturated heterocycles. The summed E-state index contributed by atoms with van der Waals surface area (Å²) in [6, 6.07) is 10.2. The van der Waals surface area contributed by atoms with E-state index in [9.17, 15) is 14.3 Å². The van der Waals surface area contributed by atoms with Gasteiger partial charge in [0.1, 0.15) is 11.5 Å². The van der Waals surface area contributed by atoms with Crippen molar-refractivity contribution in [2.24, 2.45) is 5.73 Å². The van der Waals surface area contributed by atoms with Crippen molar-refractivity contribution in [1.29, 1.82) is 0 Å². The van der Waals surface area contributed by atoms with Crippen molar-refractivity contribution in [2.45, 2.75) is 13.5 Å². The largest absolute Gasteiger partial charge is 0.392 e. The molecule has 2 aromatic carbocycles. The summed E-state index contributed by atoms with van der Waals surface area (Å²) in [6.45, 7) is 1.44. The average Bonchev–Trinajstić information content (AvgIpc) is 2.55. The Morgan fingerprint density at radius 1 is 1.26 bits per heavy atom. The van der Waals surface area contributed by atoms with Crippen molar-refractivity contribution >= 4 is 16.7 Å². The molecule has 5 heteroatoms. The number of carbonyl (C=O) groups excluding carboxylic acids is 1. The minimum absolute atomic E-state index is 0.170. The van der Waals surface area contributed by atoms with Gasteiger partial charge in [0, 0.05) is 17.1 Å². The Morgan fingerprint density at radius 3 is 2.74 bits per heavy atom. The Hall–Kier alpha value is -2.79. The summed E-state index contributed by atoms with van der Waals surface area (Å²) in [7, 11) is 0. The molecule has 1 amide bonds. The first-order valence-corrected chi connectivity index (χ1v) is 7.10. The van der Waals surface area contributed by atoms with Gasteiger partial charge in [-0.3, -0.25) is 9.78 Å². The van der Waals surface area contributed by atoms with E-state index >= 15 is 0 Å². The van der Waals surface area contributed by atoms with Crippen LogP contribution in [0.2, 0.25) is 0 Å². The highest BCUT2D eigenvalue weighted by molar-refractivity contribution is 6.05. The Bertz CT molecular complexity index is 922. The van der Waals surface area contributed by atoms with Crippen molar-refractivity contribution in [3.05, 3.63) is 65.2 Å². The second-order valence-electron chi connectivity index (χ2n) is 5.34. The zero-order chi connectivity index (χ0) is 16.6. The highest BCUT2D eigenvalue weighted by Crippen LogP contribution is 2.32. The zero-order valence-electron chi connectivity index (χ0n) is 12.5. The van der Waals surface area contributed by atoms with E-state index in [4.69, 9.17) is 5.73 Å². The van der Waals surface area contributed by atoms with Crippen LogP contribution in [0.25, 0.3) is 21.9 Å². The van der Waals surface area contributed by atoms with E-state index in [1.165, 1.54) is 12.3 Å². The number of aliphatic hydroxyl groups is 1. The molecule has 116 valence electrons. The van der Waals surface area contributed by atoms with Crippen molar-refractivity contribution < 1.29 is 14.3 Å². The number of aliphatic hydroxyl groups excluding tert-OH is 1. The molecule has 1 aromatic heterocycles. The van der Waals surface area contributed by atoms with E-state index in [0.717, 1.165) is 10.9 Å². The number of aromatic nitrogens is 1. The first kappa shape index (κ1) is 15.1. The van der Waals surface area contributed by atoms with E-state index in [2.05, 4.69) is 4.98 Å². The van der Waals surface area contributed by atoms with Gasteiger partial charge in [-0.2, -0.15) is 0 Å². The SMILES string of the molecule is Cc1ccc(F)c(CO)c1-c1ccc2ccnc(C(N)=O)c2c1. The molecular formula is C18H15FN2O2. The molecule has 23 heavy (non-hydrogen) atoms. The lowest BCUT2D eigenvalue weighted by atomic mass is 9.93. The lowest BCUT2D eigenvalue weighted by Crippen LogP contribution is -2.13. The van der Waals surface area contributed by atoms with Gasteiger partial charge in [-0.05, 0) is 47.2 Å². The van der Waals surface area contributed by atoms with Gasteiger partial charge in [-0.15, -0.1) is 0 Å². The third kappa shape index (κ3) is 2.55. The normalized spacial score (nSPS) is 10.9. The molecule has 0 saturated carbocycles. The number of amides is 1. The molecule has 0 bridgehead atoms. The molecule has 0 aliphatic rings. The fourth-order valence-electron chi connectivity index (χ4n) is 2.82. The number of pyridine rings is 1. The summed E-state index contributed by atoms with van der Waals surface area (Å²) in [6.07, 6.45) is 1.52. The van der Waals surface area contributed by atoms with Gasteiger partial charge < -0.3 is 10.8 Å². The molecule has 3 N–H and O–H groups in total. The number of nitrogens with two attached hydrogens (primary N) is 1. The number of aryl methyl sites for hydroxylation is 1. The van der Waals surface area contributed by atoms with E-state index in [1.807, 2.05) is 19.1 Å². The number of nitrogens with zero attached hydrogens (tertiary/aromatic N) is 1. The predicted octanol–water partition coefficient (Wildman–Crippen LogP) is 2.94. The Balaban J connectivity index is 2.32. The smallest absolute Gasteiger partial charge is 0.267 e. The topological polar surface area (TPSA) is 76.2 Å². The monoisotopic (exact) mass is 310 g/mol. The highest BCUT2D eigenvalue weighted by atomic mass is 19.1. The van der Waals surface area contributed by atoms with Crippen LogP contribution in [0.3, 0.4) is 0 Å². The van der Waals surface area contributed by atoms with Gasteiger partial charge in [0.25, 0.3) is 5.91 Å². The molecule has 3 rings (SSSR count). The van der Waals surface area contributed by atoms with E-state index in [-0.39, 0.29) is 11.3 Å². The zero-order valence-corrected chi connectivity index (χ0v) is 12.5. The van der Waals surface area contributed by atoms with Crippen LogP contribution in [0, 0.1) is 12.7 Å². The molecule has 0 radical (unpaired) electrons.